The molecule has 3 aliphatic heterocycles. The second-order valence-electron chi connectivity index (χ2n) is 10.3. The third-order valence-electron chi connectivity index (χ3n) is 7.59. The third-order valence-corrected chi connectivity index (χ3v) is 8.74. The van der Waals surface area contributed by atoms with Crippen LogP contribution in [0.25, 0.3) is 32.2 Å². The molecule has 0 aliphatic carbocycles. The number of nitrogen functional groups attached to an aromatic ring is 1. The van der Waals surface area contributed by atoms with E-state index in [0.717, 1.165) is 30.8 Å². The fraction of sp³-hybridized carbons (Fsp3) is 0.483. The number of benzene rings is 2. The number of nitrogens with one attached hydrogen (secondary N) is 1. The van der Waals surface area contributed by atoms with Crippen LogP contribution in [-0.4, -0.2) is 72.8 Å². The monoisotopic (exact) mass is 585 g/mol. The van der Waals surface area contributed by atoms with Crippen LogP contribution in [0.5, 0.6) is 6.01 Å². The summed E-state index contributed by atoms with van der Waals surface area (Å²) < 4.78 is 22.3. The standard InChI is InChI=1S/C22H20ClFN6OS.C5H11N.C2H6/c1-31-22-28-19-13(20(29-22)30-8-10-5-11(9-30)26-7-10)6-14(23)16(17(19)24)12-3-2-4-15-18(12)27-21(25)32-15;1-6-4-2-3-5-6;1-2/h2-4,6,10-11,26H,5,7-9H2,1H3,(H2,25,27);2-5H2,1H3;1-2H3. The van der Waals surface area contributed by atoms with E-state index in [2.05, 4.69) is 37.1 Å². The van der Waals surface area contributed by atoms with Gasteiger partial charge in [-0.3, -0.25) is 0 Å². The van der Waals surface area contributed by atoms with E-state index in [4.69, 9.17) is 22.1 Å². The summed E-state index contributed by atoms with van der Waals surface area (Å²) in [6.45, 7) is 9.27. The summed E-state index contributed by atoms with van der Waals surface area (Å²) in [4.78, 5) is 17.9. The maximum absolute atomic E-state index is 16.1. The van der Waals surface area contributed by atoms with Gasteiger partial charge in [0.25, 0.3) is 0 Å². The largest absolute Gasteiger partial charge is 0.467 e. The molecule has 3 saturated heterocycles. The van der Waals surface area contributed by atoms with Gasteiger partial charge in [-0.25, -0.2) is 9.37 Å². The molecule has 3 N–H and O–H groups in total. The van der Waals surface area contributed by atoms with Gasteiger partial charge in [-0.05, 0) is 57.5 Å². The summed E-state index contributed by atoms with van der Waals surface area (Å²) in [7, 11) is 3.66. The number of rotatable bonds is 3. The van der Waals surface area contributed by atoms with Crippen molar-refractivity contribution >= 4 is 55.0 Å². The van der Waals surface area contributed by atoms with Gasteiger partial charge in [0.15, 0.2) is 10.9 Å². The minimum atomic E-state index is -0.522. The summed E-state index contributed by atoms with van der Waals surface area (Å²) in [5, 5.41) is 4.81. The normalized spacial score (nSPS) is 20.3. The third kappa shape index (κ3) is 5.68. The van der Waals surface area contributed by atoms with Gasteiger partial charge < -0.3 is 25.6 Å². The van der Waals surface area contributed by atoms with E-state index in [9.17, 15) is 0 Å². The number of nitrogens with two attached hydrogens (primary N) is 1. The number of thiazole rings is 1. The highest BCUT2D eigenvalue weighted by Gasteiger charge is 2.34. The van der Waals surface area contributed by atoms with Gasteiger partial charge in [0.2, 0.25) is 0 Å². The van der Waals surface area contributed by atoms with E-state index in [1.165, 1.54) is 44.4 Å². The molecule has 2 atom stereocenters. The van der Waals surface area contributed by atoms with E-state index in [-0.39, 0.29) is 22.1 Å². The Kier molecular flexibility index (Phi) is 8.89. The lowest BCUT2D eigenvalue weighted by Crippen LogP contribution is -2.41. The van der Waals surface area contributed by atoms with Crippen molar-refractivity contribution in [3.8, 4) is 17.1 Å². The van der Waals surface area contributed by atoms with Crippen molar-refractivity contribution in [2.24, 2.45) is 5.92 Å². The molecule has 40 heavy (non-hydrogen) atoms. The smallest absolute Gasteiger partial charge is 0.318 e. The molecule has 2 aromatic carbocycles. The quantitative estimate of drug-likeness (QED) is 0.310. The fourth-order valence-corrected chi connectivity index (χ4v) is 6.84. The van der Waals surface area contributed by atoms with Gasteiger partial charge in [0, 0.05) is 42.2 Å². The number of nitrogens with zero attached hydrogens (tertiary/aromatic N) is 5. The number of halogens is 2. The zero-order valence-corrected chi connectivity index (χ0v) is 25.1. The molecule has 0 spiro atoms. The molecule has 0 amide bonds. The molecule has 11 heteroatoms. The first kappa shape index (κ1) is 28.7. The maximum atomic E-state index is 16.1. The predicted octanol–water partition coefficient (Wildman–Crippen LogP) is 5.83. The minimum Gasteiger partial charge on any atom is -0.467 e. The Labute approximate surface area is 243 Å². The molecule has 2 bridgehead atoms. The first-order valence-electron chi connectivity index (χ1n) is 14.0. The molecule has 3 fully saturated rings. The van der Waals surface area contributed by atoms with Crippen molar-refractivity contribution in [3.63, 3.8) is 0 Å². The molecule has 2 unspecified atom stereocenters. The SMILES string of the molecule is CC.CN1CCCC1.COc1nc(N2CC3CNC(C3)C2)c2cc(Cl)c(-c3cccc4sc(N)nc34)c(F)c2n1. The number of para-hydroxylation sites is 1. The number of piperidine rings is 1. The van der Waals surface area contributed by atoms with Crippen molar-refractivity contribution < 1.29 is 9.13 Å². The summed E-state index contributed by atoms with van der Waals surface area (Å²) in [5.74, 6) is 0.664. The molecule has 0 saturated carbocycles. The number of anilines is 2. The highest BCUT2D eigenvalue weighted by molar-refractivity contribution is 7.22. The summed E-state index contributed by atoms with van der Waals surface area (Å²) in [6.07, 6.45) is 3.98. The fourth-order valence-electron chi connectivity index (χ4n) is 5.79. The first-order valence-corrected chi connectivity index (χ1v) is 15.2. The van der Waals surface area contributed by atoms with Crippen molar-refractivity contribution in [3.05, 3.63) is 35.1 Å². The molecule has 5 heterocycles. The molecule has 4 aromatic rings. The first-order chi connectivity index (χ1) is 19.4. The number of aromatic nitrogens is 3. The number of hydrogen-bond acceptors (Lipinski definition) is 9. The molecule has 0 radical (unpaired) electrons. The van der Waals surface area contributed by atoms with Gasteiger partial charge in [-0.1, -0.05) is 48.9 Å². The zero-order chi connectivity index (χ0) is 28.4. The number of likely N-dealkylation sites (tertiary alicyclic amines) is 1. The molecule has 8 nitrogen and oxygen atoms in total. The Hall–Kier alpha value is -2.79. The maximum Gasteiger partial charge on any atom is 0.318 e. The van der Waals surface area contributed by atoms with Crippen LogP contribution in [0, 0.1) is 11.7 Å². The van der Waals surface area contributed by atoms with Crippen LogP contribution in [0.15, 0.2) is 24.3 Å². The zero-order valence-electron chi connectivity index (χ0n) is 23.5. The Morgan fingerprint density at radius 1 is 1.12 bits per heavy atom. The van der Waals surface area contributed by atoms with Gasteiger partial charge >= 0.3 is 6.01 Å². The molecular weight excluding hydrogens is 549 g/mol. The molecule has 214 valence electrons. The van der Waals surface area contributed by atoms with Crippen LogP contribution in [0.3, 0.4) is 0 Å². The van der Waals surface area contributed by atoms with E-state index < -0.39 is 5.82 Å². The highest BCUT2D eigenvalue weighted by Crippen LogP contribution is 2.42. The average molecular weight is 586 g/mol. The van der Waals surface area contributed by atoms with E-state index in [1.807, 2.05) is 26.0 Å². The average Bonchev–Trinajstić information content (AvgIpc) is 3.69. The van der Waals surface area contributed by atoms with E-state index in [0.29, 0.717) is 39.4 Å². The van der Waals surface area contributed by atoms with E-state index >= 15 is 4.39 Å². The lowest BCUT2D eigenvalue weighted by atomic mass is 9.98. The van der Waals surface area contributed by atoms with Crippen LogP contribution in [-0.2, 0) is 0 Å². The van der Waals surface area contributed by atoms with Crippen molar-refractivity contribution in [2.45, 2.75) is 39.2 Å². The number of ether oxygens (including phenoxy) is 1. The number of methoxy groups -OCH3 is 1. The summed E-state index contributed by atoms with van der Waals surface area (Å²) in [5.41, 5.74) is 7.54. The van der Waals surface area contributed by atoms with Gasteiger partial charge in [-0.15, -0.1) is 0 Å². The lowest BCUT2D eigenvalue weighted by Gasteiger charge is -2.32. The number of fused-ring (bicyclic) bond motifs is 4. The van der Waals surface area contributed by atoms with Crippen LogP contribution in [0.1, 0.15) is 33.1 Å². The Morgan fingerprint density at radius 2 is 1.90 bits per heavy atom. The molecule has 7 rings (SSSR count). The van der Waals surface area contributed by atoms with Crippen molar-refractivity contribution in [1.82, 2.24) is 25.2 Å². The van der Waals surface area contributed by atoms with E-state index in [1.54, 1.807) is 12.1 Å². The van der Waals surface area contributed by atoms with Crippen molar-refractivity contribution in [2.75, 3.05) is 57.5 Å². The molecular formula is C29H37ClFN7OS. The molecule has 3 aliphatic rings. The van der Waals surface area contributed by atoms with Gasteiger partial charge in [0.1, 0.15) is 11.3 Å². The van der Waals surface area contributed by atoms with Crippen LogP contribution in [0.4, 0.5) is 15.3 Å². The van der Waals surface area contributed by atoms with Gasteiger partial charge in [0.05, 0.1) is 22.3 Å². The second-order valence-corrected chi connectivity index (χ2v) is 11.8. The van der Waals surface area contributed by atoms with Gasteiger partial charge in [-0.2, -0.15) is 9.97 Å². The van der Waals surface area contributed by atoms with Crippen LogP contribution in [0.2, 0.25) is 5.02 Å². The topological polar surface area (TPSA) is 92.4 Å². The summed E-state index contributed by atoms with van der Waals surface area (Å²) in [6, 6.07) is 7.83. The Morgan fingerprint density at radius 3 is 2.58 bits per heavy atom. The predicted molar refractivity (Wildman–Crippen MR) is 164 cm³/mol. The Balaban J connectivity index is 0.000000354. The minimum absolute atomic E-state index is 0.127. The number of hydrogen-bond donors (Lipinski definition) is 2. The molecule has 2 aromatic heterocycles. The Bertz CT molecular complexity index is 1480. The van der Waals surface area contributed by atoms with Crippen LogP contribution < -0.4 is 20.7 Å². The summed E-state index contributed by atoms with van der Waals surface area (Å²) >= 11 is 8.04. The lowest BCUT2D eigenvalue weighted by molar-refractivity contribution is 0.380. The second kappa shape index (κ2) is 12.4. The van der Waals surface area contributed by atoms with Crippen LogP contribution >= 0.6 is 22.9 Å². The van der Waals surface area contributed by atoms with Crippen molar-refractivity contribution in [1.29, 1.82) is 0 Å². The highest BCUT2D eigenvalue weighted by atomic mass is 35.5.